The van der Waals surface area contributed by atoms with Gasteiger partial charge in [-0.1, -0.05) is 48.4 Å². The number of halogens is 1. The summed E-state index contributed by atoms with van der Waals surface area (Å²) in [6, 6.07) is -1.90. The minimum Gasteiger partial charge on any atom is -0.460 e. The number of hydrogen-bond acceptors (Lipinski definition) is 7. The highest BCUT2D eigenvalue weighted by atomic mass is 79.9. The fourth-order valence-electron chi connectivity index (χ4n) is 6.27. The number of nitrogens with zero attached hydrogens (tertiary/aromatic N) is 2. The molecule has 0 aliphatic carbocycles. The molecule has 3 amide bonds. The predicted molar refractivity (Wildman–Crippen MR) is 146 cm³/mol. The highest BCUT2D eigenvalue weighted by molar-refractivity contribution is 9.11. The van der Waals surface area contributed by atoms with E-state index < -0.39 is 53.6 Å². The summed E-state index contributed by atoms with van der Waals surface area (Å²) < 4.78 is 12.8. The maximum Gasteiger partial charge on any atom is 0.313 e. The van der Waals surface area contributed by atoms with E-state index in [1.807, 2.05) is 39.8 Å². The number of likely N-dealkylation sites (tertiary alicyclic amines) is 1. The summed E-state index contributed by atoms with van der Waals surface area (Å²) in [5, 5.41) is 13.3. The smallest absolute Gasteiger partial charge is 0.313 e. The lowest BCUT2D eigenvalue weighted by Gasteiger charge is -2.41. The van der Waals surface area contributed by atoms with Crippen molar-refractivity contribution in [2.75, 3.05) is 19.7 Å². The van der Waals surface area contributed by atoms with Gasteiger partial charge in [0.2, 0.25) is 17.7 Å². The van der Waals surface area contributed by atoms with Crippen LogP contribution in [0, 0.1) is 17.8 Å². The van der Waals surface area contributed by atoms with Crippen molar-refractivity contribution in [1.29, 1.82) is 0 Å². The number of rotatable bonds is 5. The molecule has 0 radical (unpaired) electrons. The Balaban J connectivity index is 1.85. The number of carbonyl (C=O) groups excluding carboxylic acids is 4. The molecule has 39 heavy (non-hydrogen) atoms. The van der Waals surface area contributed by atoms with Crippen molar-refractivity contribution in [3.8, 4) is 0 Å². The van der Waals surface area contributed by atoms with Crippen LogP contribution < -0.4 is 5.32 Å². The predicted octanol–water partition coefficient (Wildman–Crippen LogP) is 1.90. The molecule has 1 spiro atoms. The summed E-state index contributed by atoms with van der Waals surface area (Å²) in [4.78, 5) is 57.7. The van der Waals surface area contributed by atoms with Crippen LogP contribution in [0.1, 0.15) is 53.9 Å². The highest BCUT2D eigenvalue weighted by Crippen LogP contribution is 2.59. The van der Waals surface area contributed by atoms with Crippen molar-refractivity contribution in [1.82, 2.24) is 15.1 Å². The average molecular weight is 611 g/mol. The number of allylic oxidation sites excluding steroid dienone is 1. The Morgan fingerprint density at radius 3 is 2.54 bits per heavy atom. The number of nitrogens with one attached hydrogen (secondary N) is 1. The van der Waals surface area contributed by atoms with Gasteiger partial charge >= 0.3 is 5.97 Å². The SMILES string of the molecule is CC[C@H](C)[C@H](CO)N1C(=O)[C@@H]2[C@H]3C(=O)O[C@@H](C)CNC(=O)CC/C=C\CN(C(C)C)C(=O)[C@@H]1[C@]21C=C(Br)[C@H]3O1. The zero-order valence-corrected chi connectivity index (χ0v) is 24.8. The fourth-order valence-corrected chi connectivity index (χ4v) is 7.01. The van der Waals surface area contributed by atoms with Crippen molar-refractivity contribution < 1.29 is 33.8 Å². The first-order valence-corrected chi connectivity index (χ1v) is 14.7. The van der Waals surface area contributed by atoms with Crippen molar-refractivity contribution in [3.05, 3.63) is 22.7 Å². The Morgan fingerprint density at radius 1 is 1.18 bits per heavy atom. The van der Waals surface area contributed by atoms with E-state index in [1.165, 1.54) is 4.90 Å². The number of cyclic esters (lactones) is 1. The van der Waals surface area contributed by atoms with Gasteiger partial charge in [-0.3, -0.25) is 19.2 Å². The van der Waals surface area contributed by atoms with Gasteiger partial charge in [-0.05, 0) is 39.2 Å². The van der Waals surface area contributed by atoms with Crippen LogP contribution >= 0.6 is 15.9 Å². The largest absolute Gasteiger partial charge is 0.460 e. The second-order valence-electron chi connectivity index (χ2n) is 11.4. The van der Waals surface area contributed by atoms with Crippen molar-refractivity contribution >= 4 is 39.6 Å². The van der Waals surface area contributed by atoms with Gasteiger partial charge < -0.3 is 29.7 Å². The van der Waals surface area contributed by atoms with Gasteiger partial charge in [-0.15, -0.1) is 0 Å². The van der Waals surface area contributed by atoms with Gasteiger partial charge in [-0.2, -0.15) is 0 Å². The number of esters is 1. The van der Waals surface area contributed by atoms with Crippen LogP contribution in [-0.4, -0.2) is 94.2 Å². The van der Waals surface area contributed by atoms with Gasteiger partial charge in [0.15, 0.2) is 0 Å². The Hall–Kier alpha value is -2.24. The van der Waals surface area contributed by atoms with Gasteiger partial charge in [0.1, 0.15) is 29.8 Å². The summed E-state index contributed by atoms with van der Waals surface area (Å²) >= 11 is 3.54. The van der Waals surface area contributed by atoms with Crippen LogP contribution in [0.3, 0.4) is 0 Å². The molecule has 2 saturated heterocycles. The molecule has 5 bridgehead atoms. The van der Waals surface area contributed by atoms with Gasteiger partial charge in [0.25, 0.3) is 0 Å². The molecule has 4 aliphatic rings. The van der Waals surface area contributed by atoms with Crippen molar-refractivity contribution in [3.63, 3.8) is 0 Å². The number of carbonyl (C=O) groups is 4. The molecule has 0 aromatic carbocycles. The van der Waals surface area contributed by atoms with Crippen LogP contribution in [0.4, 0.5) is 0 Å². The second-order valence-corrected chi connectivity index (χ2v) is 12.3. The molecule has 10 nitrogen and oxygen atoms in total. The lowest BCUT2D eigenvalue weighted by molar-refractivity contribution is -0.160. The molecule has 0 unspecified atom stereocenters. The van der Waals surface area contributed by atoms with Crippen LogP contribution in [0.25, 0.3) is 0 Å². The summed E-state index contributed by atoms with van der Waals surface area (Å²) in [7, 11) is 0. The molecule has 11 heteroatoms. The summed E-state index contributed by atoms with van der Waals surface area (Å²) in [6.45, 7) is 9.49. The van der Waals surface area contributed by atoms with E-state index in [0.29, 0.717) is 17.3 Å². The Kier molecular flexibility index (Phi) is 8.92. The van der Waals surface area contributed by atoms with Crippen molar-refractivity contribution in [2.24, 2.45) is 17.8 Å². The lowest BCUT2D eigenvalue weighted by Crippen LogP contribution is -2.60. The first-order valence-electron chi connectivity index (χ1n) is 13.9. The molecule has 4 rings (SSSR count). The third-order valence-corrected chi connectivity index (χ3v) is 9.21. The first kappa shape index (κ1) is 29.7. The van der Waals surface area contributed by atoms with Gasteiger partial charge in [-0.25, -0.2) is 0 Å². The number of fused-ring (bicyclic) bond motifs is 2. The fraction of sp³-hybridized carbons (Fsp3) is 0.714. The van der Waals surface area contributed by atoms with Crippen LogP contribution in [0.15, 0.2) is 22.7 Å². The average Bonchev–Trinajstić information content (AvgIpc) is 3.47. The van der Waals surface area contributed by atoms with Gasteiger partial charge in [0.05, 0.1) is 25.1 Å². The zero-order valence-electron chi connectivity index (χ0n) is 23.3. The maximum atomic E-state index is 14.5. The number of hydrogen-bond donors (Lipinski definition) is 2. The molecule has 8 atom stereocenters. The van der Waals surface area contributed by atoms with E-state index in [4.69, 9.17) is 9.47 Å². The molecule has 4 aliphatic heterocycles. The van der Waals surface area contributed by atoms with Crippen LogP contribution in [-0.2, 0) is 28.7 Å². The zero-order chi connectivity index (χ0) is 28.6. The minimum absolute atomic E-state index is 0.103. The Morgan fingerprint density at radius 2 is 1.90 bits per heavy atom. The highest BCUT2D eigenvalue weighted by Gasteiger charge is 2.75. The Bertz CT molecular complexity index is 1060. The third-order valence-electron chi connectivity index (χ3n) is 8.53. The summed E-state index contributed by atoms with van der Waals surface area (Å²) in [5.74, 6) is -3.55. The molecule has 0 saturated carbocycles. The number of ether oxygens (including phenoxy) is 2. The third kappa shape index (κ3) is 5.17. The molecular formula is C28H40BrN3O7. The van der Waals surface area contributed by atoms with E-state index in [9.17, 15) is 24.3 Å². The molecule has 2 N–H and O–H groups in total. The molecular weight excluding hydrogens is 570 g/mol. The number of aliphatic hydroxyl groups excluding tert-OH is 1. The summed E-state index contributed by atoms with van der Waals surface area (Å²) in [5.41, 5.74) is -1.38. The monoisotopic (exact) mass is 609 g/mol. The number of amides is 3. The topological polar surface area (TPSA) is 125 Å². The second kappa shape index (κ2) is 11.7. The molecule has 2 fully saturated rings. The quantitative estimate of drug-likeness (QED) is 0.360. The molecule has 216 valence electrons. The molecule has 4 heterocycles. The van der Waals surface area contributed by atoms with Crippen LogP contribution in [0.5, 0.6) is 0 Å². The maximum absolute atomic E-state index is 14.5. The normalized spacial score (nSPS) is 36.0. The lowest BCUT2D eigenvalue weighted by atomic mass is 9.74. The van der Waals surface area contributed by atoms with Crippen molar-refractivity contribution in [2.45, 2.75) is 89.8 Å². The number of aliphatic hydroxyl groups is 1. The minimum atomic E-state index is -1.38. The molecule has 0 aromatic rings. The van der Waals surface area contributed by atoms with E-state index in [-0.39, 0.29) is 49.9 Å². The molecule has 0 aromatic heterocycles. The summed E-state index contributed by atoms with van der Waals surface area (Å²) in [6.07, 6.45) is 5.53. The van der Waals surface area contributed by atoms with Gasteiger partial charge in [0, 0.05) is 23.5 Å². The Labute approximate surface area is 238 Å². The standard InChI is InChI=1S/C28H40BrN3O7/c1-6-16(4)19(14-33)32-24-26(36)31(15(2)3)11-9-7-8-10-20(34)30-13-17(5)38-27(37)21-22(25(32)35)28(24)12-18(29)23(21)39-28/h7,9,12,15-17,19,21-24,33H,6,8,10-11,13-14H2,1-5H3,(H,30,34)/b9-7-/t16-,17-,19-,21+,22-,23+,24+,28-/m0/s1. The van der Waals surface area contributed by atoms with E-state index >= 15 is 0 Å². The van der Waals surface area contributed by atoms with E-state index in [0.717, 1.165) is 0 Å². The van der Waals surface area contributed by atoms with E-state index in [1.54, 1.807) is 17.9 Å². The van der Waals surface area contributed by atoms with E-state index in [2.05, 4.69) is 21.2 Å². The van der Waals surface area contributed by atoms with Crippen LogP contribution in [0.2, 0.25) is 0 Å². The first-order chi connectivity index (χ1) is 18.5.